The summed E-state index contributed by atoms with van der Waals surface area (Å²) in [5, 5.41) is 10.1. The number of carbonyl (C=O) groups excluding carboxylic acids is 1. The van der Waals surface area contributed by atoms with Crippen molar-refractivity contribution < 1.29 is 24.2 Å². The lowest BCUT2D eigenvalue weighted by molar-refractivity contribution is 0.0240. The predicted octanol–water partition coefficient (Wildman–Crippen LogP) is 5.54. The van der Waals surface area contributed by atoms with Gasteiger partial charge in [-0.3, -0.25) is 0 Å². The summed E-state index contributed by atoms with van der Waals surface area (Å²) in [6.45, 7) is 8.74. The SMILES string of the molecule is CC(C)(C)OC(=O)N1CCN(c2ccc3c(c2)COc2c-3cnc3[nH]cc(-c4ccc(C(=O)O)cc4)c23)CC1. The van der Waals surface area contributed by atoms with Crippen LogP contribution >= 0.6 is 0 Å². The number of carboxylic acids is 1. The number of nitrogens with zero attached hydrogens (tertiary/aromatic N) is 3. The number of ether oxygens (including phenoxy) is 2. The minimum Gasteiger partial charge on any atom is -0.487 e. The molecule has 9 nitrogen and oxygen atoms in total. The second-order valence-corrected chi connectivity index (χ2v) is 10.9. The Kier molecular flexibility index (Phi) is 5.94. The number of benzene rings is 2. The Balaban J connectivity index is 1.26. The van der Waals surface area contributed by atoms with Crippen LogP contribution in [0, 0.1) is 0 Å². The molecule has 1 saturated heterocycles. The number of amides is 1. The molecule has 9 heteroatoms. The molecule has 0 aliphatic carbocycles. The van der Waals surface area contributed by atoms with Gasteiger partial charge >= 0.3 is 12.1 Å². The molecule has 4 heterocycles. The number of fused-ring (bicyclic) bond motifs is 5. The molecule has 6 rings (SSSR count). The van der Waals surface area contributed by atoms with E-state index < -0.39 is 11.6 Å². The number of aromatic amines is 1. The van der Waals surface area contributed by atoms with Crippen LogP contribution < -0.4 is 9.64 Å². The fourth-order valence-electron chi connectivity index (χ4n) is 5.21. The summed E-state index contributed by atoms with van der Waals surface area (Å²) in [6.07, 6.45) is 3.45. The van der Waals surface area contributed by atoms with Gasteiger partial charge in [-0.25, -0.2) is 14.6 Å². The standard InChI is InChI=1S/C30H30N4O5/c1-30(2,3)39-29(37)34-12-10-33(11-13-34)21-8-9-22-20(14-21)17-38-26-24(22)16-32-27-25(26)23(15-31-27)18-4-6-19(7-5-18)28(35)36/h4-9,14-16H,10-13,17H2,1-3H3,(H,31,32)(H,35,36). The number of hydrogen-bond donors (Lipinski definition) is 2. The zero-order valence-electron chi connectivity index (χ0n) is 22.2. The second kappa shape index (κ2) is 9.34. The van der Waals surface area contributed by atoms with E-state index in [-0.39, 0.29) is 11.7 Å². The smallest absolute Gasteiger partial charge is 0.410 e. The van der Waals surface area contributed by atoms with E-state index >= 15 is 0 Å². The van der Waals surface area contributed by atoms with Gasteiger partial charge in [0, 0.05) is 55.4 Å². The zero-order chi connectivity index (χ0) is 27.3. The third kappa shape index (κ3) is 4.65. The average molecular weight is 527 g/mol. The van der Waals surface area contributed by atoms with Crippen LogP contribution in [0.25, 0.3) is 33.3 Å². The first-order valence-electron chi connectivity index (χ1n) is 13.0. The number of aromatic nitrogens is 2. The number of anilines is 1. The highest BCUT2D eigenvalue weighted by Gasteiger charge is 2.28. The summed E-state index contributed by atoms with van der Waals surface area (Å²) in [5.74, 6) is -0.187. The first-order chi connectivity index (χ1) is 18.7. The highest BCUT2D eigenvalue weighted by molar-refractivity contribution is 6.03. The van der Waals surface area contributed by atoms with E-state index in [1.165, 1.54) is 0 Å². The van der Waals surface area contributed by atoms with Crippen LogP contribution in [0.2, 0.25) is 0 Å². The van der Waals surface area contributed by atoms with Crippen LogP contribution in [0.1, 0.15) is 36.7 Å². The minimum atomic E-state index is -0.955. The van der Waals surface area contributed by atoms with Gasteiger partial charge in [0.05, 0.1) is 10.9 Å². The first-order valence-corrected chi connectivity index (χ1v) is 13.0. The highest BCUT2D eigenvalue weighted by atomic mass is 16.6. The summed E-state index contributed by atoms with van der Waals surface area (Å²) >= 11 is 0. The molecule has 200 valence electrons. The second-order valence-electron chi connectivity index (χ2n) is 10.9. The van der Waals surface area contributed by atoms with Gasteiger partial charge in [-0.2, -0.15) is 0 Å². The van der Waals surface area contributed by atoms with Crippen LogP contribution in [0.4, 0.5) is 10.5 Å². The van der Waals surface area contributed by atoms with Crippen LogP contribution in [0.5, 0.6) is 5.75 Å². The van der Waals surface area contributed by atoms with Gasteiger partial charge in [0.2, 0.25) is 0 Å². The molecular formula is C30H30N4O5. The third-order valence-electron chi connectivity index (χ3n) is 7.14. The average Bonchev–Trinajstić information content (AvgIpc) is 3.36. The number of H-pyrrole nitrogens is 1. The lowest BCUT2D eigenvalue weighted by Gasteiger charge is -2.37. The van der Waals surface area contributed by atoms with Crippen molar-refractivity contribution in [1.82, 2.24) is 14.9 Å². The maximum atomic E-state index is 12.4. The Morgan fingerprint density at radius 3 is 2.44 bits per heavy atom. The van der Waals surface area contributed by atoms with Crippen LogP contribution in [0.15, 0.2) is 54.9 Å². The molecule has 0 unspecified atom stereocenters. The molecule has 2 aliphatic rings. The van der Waals surface area contributed by atoms with Crippen molar-refractivity contribution in [2.45, 2.75) is 33.0 Å². The van der Waals surface area contributed by atoms with E-state index in [0.29, 0.717) is 25.3 Å². The monoisotopic (exact) mass is 526 g/mol. The van der Waals surface area contributed by atoms with Gasteiger partial charge in [-0.05, 0) is 61.7 Å². The van der Waals surface area contributed by atoms with Crippen molar-refractivity contribution in [3.05, 3.63) is 66.0 Å². The first kappa shape index (κ1) is 24.8. The fraction of sp³-hybridized carbons (Fsp3) is 0.300. The lowest BCUT2D eigenvalue weighted by atomic mass is 9.95. The molecule has 1 fully saturated rings. The fourth-order valence-corrected chi connectivity index (χ4v) is 5.21. The molecule has 2 aromatic carbocycles. The van der Waals surface area contributed by atoms with Gasteiger partial charge in [0.15, 0.2) is 0 Å². The summed E-state index contributed by atoms with van der Waals surface area (Å²) in [7, 11) is 0. The van der Waals surface area contributed by atoms with Gasteiger partial charge in [-0.15, -0.1) is 0 Å². The molecule has 0 bridgehead atoms. The Hall–Kier alpha value is -4.53. The summed E-state index contributed by atoms with van der Waals surface area (Å²) < 4.78 is 11.9. The van der Waals surface area contributed by atoms with E-state index in [9.17, 15) is 14.7 Å². The summed E-state index contributed by atoms with van der Waals surface area (Å²) in [4.78, 5) is 35.6. The van der Waals surface area contributed by atoms with Crippen LogP contribution in [-0.2, 0) is 11.3 Å². The Bertz CT molecular complexity index is 1580. The molecule has 0 radical (unpaired) electrons. The number of hydrogen-bond acceptors (Lipinski definition) is 6. The maximum absolute atomic E-state index is 12.4. The number of rotatable bonds is 3. The Morgan fingerprint density at radius 2 is 1.74 bits per heavy atom. The summed E-state index contributed by atoms with van der Waals surface area (Å²) in [6, 6.07) is 13.2. The predicted molar refractivity (Wildman–Crippen MR) is 148 cm³/mol. The number of carbonyl (C=O) groups is 2. The zero-order valence-corrected chi connectivity index (χ0v) is 22.2. The molecule has 2 N–H and O–H groups in total. The van der Waals surface area contributed by atoms with Crippen LogP contribution in [0.3, 0.4) is 0 Å². The minimum absolute atomic E-state index is 0.242. The van der Waals surface area contributed by atoms with E-state index in [1.54, 1.807) is 29.2 Å². The van der Waals surface area contributed by atoms with Crippen molar-refractivity contribution in [3.63, 3.8) is 0 Å². The molecule has 2 aliphatic heterocycles. The van der Waals surface area contributed by atoms with Gasteiger partial charge in [0.25, 0.3) is 0 Å². The molecule has 2 aromatic heterocycles. The van der Waals surface area contributed by atoms with E-state index in [4.69, 9.17) is 9.47 Å². The number of pyridine rings is 1. The van der Waals surface area contributed by atoms with Gasteiger partial charge in [0.1, 0.15) is 23.6 Å². The maximum Gasteiger partial charge on any atom is 0.410 e. The van der Waals surface area contributed by atoms with Crippen molar-refractivity contribution in [3.8, 4) is 28.0 Å². The molecule has 0 atom stereocenters. The molecular weight excluding hydrogens is 496 g/mol. The molecule has 4 aromatic rings. The molecule has 0 saturated carbocycles. The number of nitrogens with one attached hydrogen (secondary N) is 1. The number of piperazine rings is 1. The van der Waals surface area contributed by atoms with Gasteiger partial charge < -0.3 is 29.4 Å². The van der Waals surface area contributed by atoms with Crippen LogP contribution in [-0.4, -0.2) is 63.8 Å². The molecule has 0 spiro atoms. The Labute approximate surface area is 226 Å². The third-order valence-corrected chi connectivity index (χ3v) is 7.14. The van der Waals surface area contributed by atoms with E-state index in [1.807, 2.05) is 33.2 Å². The number of carboxylic acid groups (broad SMARTS) is 1. The Morgan fingerprint density at radius 1 is 1.00 bits per heavy atom. The van der Waals surface area contributed by atoms with Gasteiger partial charge in [-0.1, -0.05) is 18.2 Å². The van der Waals surface area contributed by atoms with Crippen molar-refractivity contribution >= 4 is 28.8 Å². The highest BCUT2D eigenvalue weighted by Crippen LogP contribution is 2.45. The number of aromatic carboxylic acids is 1. The van der Waals surface area contributed by atoms with E-state index in [2.05, 4.69) is 33.1 Å². The topological polar surface area (TPSA) is 108 Å². The largest absolute Gasteiger partial charge is 0.487 e. The summed E-state index contributed by atoms with van der Waals surface area (Å²) in [5.41, 5.74) is 6.43. The van der Waals surface area contributed by atoms with Crippen molar-refractivity contribution in [2.24, 2.45) is 0 Å². The quantitative estimate of drug-likeness (QED) is 0.361. The lowest BCUT2D eigenvalue weighted by Crippen LogP contribution is -2.50. The van der Waals surface area contributed by atoms with E-state index in [0.717, 1.165) is 57.7 Å². The van der Waals surface area contributed by atoms with Crippen molar-refractivity contribution in [2.75, 3.05) is 31.1 Å². The van der Waals surface area contributed by atoms with Crippen molar-refractivity contribution in [1.29, 1.82) is 0 Å². The molecule has 1 amide bonds. The molecule has 39 heavy (non-hydrogen) atoms. The normalized spacial score (nSPS) is 14.9.